The minimum absolute atomic E-state index is 0.199. The Morgan fingerprint density at radius 1 is 1.24 bits per heavy atom. The molecule has 0 atom stereocenters. The van der Waals surface area contributed by atoms with E-state index < -0.39 is 5.97 Å². The smallest absolute Gasteiger partial charge is 0.0816 e. The first-order valence-electron chi connectivity index (χ1n) is 6.80. The number of nitrogens with zero attached hydrogens (tertiary/aromatic N) is 1. The van der Waals surface area contributed by atoms with Crippen LogP contribution in [0.15, 0.2) is 36.4 Å². The predicted molar refractivity (Wildman–Crippen MR) is 83.5 cm³/mol. The largest absolute Gasteiger partial charge is 0.545 e. The van der Waals surface area contributed by atoms with Gasteiger partial charge in [-0.1, -0.05) is 18.6 Å². The number of pyridine rings is 1. The summed E-state index contributed by atoms with van der Waals surface area (Å²) in [5.74, 6) is -1.17. The highest BCUT2D eigenvalue weighted by atomic mass is 32.1. The summed E-state index contributed by atoms with van der Waals surface area (Å²) < 4.78 is 0. The molecule has 0 bridgehead atoms. The topological polar surface area (TPSA) is 53.0 Å². The molecule has 3 rings (SSSR count). The van der Waals surface area contributed by atoms with Crippen molar-refractivity contribution in [3.05, 3.63) is 52.4 Å². The average Bonchev–Trinajstić information content (AvgIpc) is 2.95. The molecule has 0 aliphatic rings. The Kier molecular flexibility index (Phi) is 3.47. The first kappa shape index (κ1) is 13.8. The lowest BCUT2D eigenvalue weighted by Crippen LogP contribution is -2.22. The minimum Gasteiger partial charge on any atom is -0.545 e. The number of hydrogen-bond donors (Lipinski definition) is 0. The van der Waals surface area contributed by atoms with Crippen LogP contribution in [0.4, 0.5) is 0 Å². The second kappa shape index (κ2) is 5.30. The van der Waals surface area contributed by atoms with E-state index in [1.54, 1.807) is 17.4 Å². The van der Waals surface area contributed by atoms with E-state index in [0.29, 0.717) is 16.6 Å². The molecule has 3 nitrogen and oxygen atoms in total. The number of fused-ring (bicyclic) bond motifs is 1. The fraction of sp³-hybridized carbons (Fsp3) is 0.176. The molecule has 0 aliphatic carbocycles. The summed E-state index contributed by atoms with van der Waals surface area (Å²) in [6.45, 7) is 4.03. The molecule has 0 unspecified atom stereocenters. The van der Waals surface area contributed by atoms with E-state index in [1.807, 2.05) is 31.2 Å². The van der Waals surface area contributed by atoms with Crippen molar-refractivity contribution < 1.29 is 9.90 Å². The summed E-state index contributed by atoms with van der Waals surface area (Å²) in [7, 11) is 0. The molecule has 0 fully saturated rings. The maximum absolute atomic E-state index is 11.4. The standard InChI is InChI=1S/C17H15NO2S/c1-3-11-5-7-16(21-11)15-9-13(17(19)20)12-8-10(2)4-6-14(12)18-15/h4-9H,3H2,1-2H3,(H,19,20)/p-1. The number of aromatic nitrogens is 1. The van der Waals surface area contributed by atoms with Gasteiger partial charge in [0.25, 0.3) is 0 Å². The lowest BCUT2D eigenvalue weighted by atomic mass is 10.0. The van der Waals surface area contributed by atoms with Crippen molar-refractivity contribution >= 4 is 28.2 Å². The van der Waals surface area contributed by atoms with Crippen LogP contribution in [0.5, 0.6) is 0 Å². The average molecular weight is 296 g/mol. The maximum Gasteiger partial charge on any atom is 0.0816 e. The van der Waals surface area contributed by atoms with E-state index in [1.165, 1.54) is 4.88 Å². The number of hydrogen-bond acceptors (Lipinski definition) is 4. The van der Waals surface area contributed by atoms with Gasteiger partial charge in [0.2, 0.25) is 0 Å². The first-order chi connectivity index (χ1) is 10.1. The van der Waals surface area contributed by atoms with Crippen LogP contribution in [-0.2, 0) is 6.42 Å². The number of carbonyl (C=O) groups is 1. The number of carbonyl (C=O) groups excluding carboxylic acids is 1. The van der Waals surface area contributed by atoms with E-state index in [2.05, 4.69) is 18.0 Å². The Labute approximate surface area is 126 Å². The Balaban J connectivity index is 2.25. The van der Waals surface area contributed by atoms with Crippen molar-refractivity contribution in [1.29, 1.82) is 0 Å². The van der Waals surface area contributed by atoms with Gasteiger partial charge in [0, 0.05) is 15.8 Å². The summed E-state index contributed by atoms with van der Waals surface area (Å²) in [5, 5.41) is 12.1. The molecule has 0 saturated heterocycles. The van der Waals surface area contributed by atoms with Gasteiger partial charge in [0.15, 0.2) is 0 Å². The van der Waals surface area contributed by atoms with E-state index in [-0.39, 0.29) is 5.56 Å². The highest BCUT2D eigenvalue weighted by molar-refractivity contribution is 7.15. The van der Waals surface area contributed by atoms with Gasteiger partial charge in [0.1, 0.15) is 0 Å². The van der Waals surface area contributed by atoms with Crippen LogP contribution in [0.25, 0.3) is 21.5 Å². The summed E-state index contributed by atoms with van der Waals surface area (Å²) in [5.41, 5.74) is 2.58. The SMILES string of the molecule is CCc1ccc(-c2cc(C(=O)[O-])c3cc(C)ccc3n2)s1. The first-order valence-corrected chi connectivity index (χ1v) is 7.62. The second-order valence-corrected chi connectivity index (χ2v) is 6.15. The third kappa shape index (κ3) is 2.54. The normalized spacial score (nSPS) is 11.0. The fourth-order valence-corrected chi connectivity index (χ4v) is 3.25. The number of aryl methyl sites for hydroxylation is 2. The third-order valence-electron chi connectivity index (χ3n) is 3.45. The molecule has 21 heavy (non-hydrogen) atoms. The van der Waals surface area contributed by atoms with Gasteiger partial charge in [-0.25, -0.2) is 4.98 Å². The molecule has 0 aliphatic heterocycles. The van der Waals surface area contributed by atoms with Gasteiger partial charge in [-0.05, 0) is 43.7 Å². The van der Waals surface area contributed by atoms with E-state index in [0.717, 1.165) is 16.9 Å². The summed E-state index contributed by atoms with van der Waals surface area (Å²) in [4.78, 5) is 18.3. The number of aromatic carboxylic acids is 1. The molecule has 0 N–H and O–H groups in total. The van der Waals surface area contributed by atoms with Crippen LogP contribution >= 0.6 is 11.3 Å². The van der Waals surface area contributed by atoms with Crippen molar-refractivity contribution in [3.8, 4) is 10.6 Å². The van der Waals surface area contributed by atoms with Crippen molar-refractivity contribution in [3.63, 3.8) is 0 Å². The molecule has 2 aromatic heterocycles. The maximum atomic E-state index is 11.4. The Morgan fingerprint density at radius 2 is 2.05 bits per heavy atom. The summed E-state index contributed by atoms with van der Waals surface area (Å²) in [6.07, 6.45) is 0.963. The molecule has 4 heteroatoms. The van der Waals surface area contributed by atoms with Gasteiger partial charge in [-0.15, -0.1) is 11.3 Å². The van der Waals surface area contributed by atoms with Crippen LogP contribution in [0.2, 0.25) is 0 Å². The monoisotopic (exact) mass is 296 g/mol. The lowest BCUT2D eigenvalue weighted by molar-refractivity contribution is -0.254. The Bertz CT molecular complexity index is 836. The Morgan fingerprint density at radius 3 is 2.71 bits per heavy atom. The molecular weight excluding hydrogens is 282 g/mol. The van der Waals surface area contributed by atoms with Crippen molar-refractivity contribution in [1.82, 2.24) is 4.98 Å². The molecule has 2 heterocycles. The van der Waals surface area contributed by atoms with Crippen LogP contribution in [0, 0.1) is 6.92 Å². The van der Waals surface area contributed by atoms with Gasteiger partial charge >= 0.3 is 0 Å². The zero-order chi connectivity index (χ0) is 15.0. The van der Waals surface area contributed by atoms with E-state index in [9.17, 15) is 9.90 Å². The van der Waals surface area contributed by atoms with Gasteiger partial charge in [-0.2, -0.15) is 0 Å². The molecule has 3 aromatic rings. The zero-order valence-electron chi connectivity index (χ0n) is 11.8. The van der Waals surface area contributed by atoms with Crippen LogP contribution in [0.3, 0.4) is 0 Å². The number of carboxylic acid groups (broad SMARTS) is 1. The lowest BCUT2D eigenvalue weighted by Gasteiger charge is -2.10. The van der Waals surface area contributed by atoms with Gasteiger partial charge in [0.05, 0.1) is 22.1 Å². The van der Waals surface area contributed by atoms with Crippen LogP contribution < -0.4 is 5.11 Å². The highest BCUT2D eigenvalue weighted by Crippen LogP contribution is 2.30. The number of benzene rings is 1. The molecule has 0 spiro atoms. The van der Waals surface area contributed by atoms with Crippen molar-refractivity contribution in [2.75, 3.05) is 0 Å². The number of carboxylic acids is 1. The van der Waals surface area contributed by atoms with Crippen LogP contribution in [0.1, 0.15) is 27.7 Å². The molecule has 1 aromatic carbocycles. The third-order valence-corrected chi connectivity index (χ3v) is 4.70. The van der Waals surface area contributed by atoms with E-state index in [4.69, 9.17) is 0 Å². The second-order valence-electron chi connectivity index (χ2n) is 4.98. The van der Waals surface area contributed by atoms with Gasteiger partial charge < -0.3 is 9.90 Å². The minimum atomic E-state index is -1.17. The van der Waals surface area contributed by atoms with Gasteiger partial charge in [-0.3, -0.25) is 0 Å². The molecule has 106 valence electrons. The molecule has 0 amide bonds. The van der Waals surface area contributed by atoms with Crippen LogP contribution in [-0.4, -0.2) is 11.0 Å². The quantitative estimate of drug-likeness (QED) is 0.746. The summed E-state index contributed by atoms with van der Waals surface area (Å²) in [6, 6.07) is 11.3. The van der Waals surface area contributed by atoms with Crippen molar-refractivity contribution in [2.24, 2.45) is 0 Å². The number of rotatable bonds is 3. The highest BCUT2D eigenvalue weighted by Gasteiger charge is 2.10. The summed E-state index contributed by atoms with van der Waals surface area (Å²) >= 11 is 1.64. The van der Waals surface area contributed by atoms with E-state index >= 15 is 0 Å². The fourth-order valence-electron chi connectivity index (χ4n) is 2.34. The molecular formula is C17H14NO2S-. The van der Waals surface area contributed by atoms with Crippen molar-refractivity contribution in [2.45, 2.75) is 20.3 Å². The number of thiophene rings is 1. The Hall–Kier alpha value is -2.20. The zero-order valence-corrected chi connectivity index (χ0v) is 12.7. The molecule has 0 saturated carbocycles. The predicted octanol–water partition coefficient (Wildman–Crippen LogP) is 3.20. The molecule has 0 radical (unpaired) electrons.